The van der Waals surface area contributed by atoms with E-state index in [4.69, 9.17) is 4.42 Å². The molecule has 0 bridgehead atoms. The second kappa shape index (κ2) is 9.65. The largest absolute Gasteiger partial charge is 0.453 e. The van der Waals surface area contributed by atoms with Crippen molar-refractivity contribution < 1.29 is 22.0 Å². The third-order valence-electron chi connectivity index (χ3n) is 5.22. The summed E-state index contributed by atoms with van der Waals surface area (Å²) in [5.41, 5.74) is 0.728. The van der Waals surface area contributed by atoms with Gasteiger partial charge in [-0.3, -0.25) is 4.79 Å². The summed E-state index contributed by atoms with van der Waals surface area (Å²) in [5.74, 6) is -0.0688. The van der Waals surface area contributed by atoms with Crippen LogP contribution in [0.5, 0.6) is 0 Å². The van der Waals surface area contributed by atoms with Crippen molar-refractivity contribution in [1.29, 1.82) is 0 Å². The fraction of sp³-hybridized carbons (Fsp3) is 0. The number of anilines is 2. The van der Waals surface area contributed by atoms with Crippen LogP contribution in [0.25, 0.3) is 22.2 Å². The summed E-state index contributed by atoms with van der Waals surface area (Å²) < 4.78 is 46.7. The van der Waals surface area contributed by atoms with Crippen molar-refractivity contribution in [3.63, 3.8) is 0 Å². The lowest BCUT2D eigenvalue weighted by molar-refractivity contribution is 0.110. The number of hydrogen-bond donors (Lipinski definition) is 1. The number of aromatic nitrogens is 2. The average molecular weight is 510 g/mol. The van der Waals surface area contributed by atoms with Crippen molar-refractivity contribution >= 4 is 50.9 Å². The predicted octanol–water partition coefficient (Wildman–Crippen LogP) is 5.84. The molecule has 0 unspecified atom stereocenters. The molecule has 0 fully saturated rings. The highest BCUT2D eigenvalue weighted by molar-refractivity contribution is 7.91. The number of nitrogens with one attached hydrogen (secondary N) is 1. The quantitative estimate of drug-likeness (QED) is 0.287. The van der Waals surface area contributed by atoms with Crippen LogP contribution < -0.4 is 5.32 Å². The Bertz CT molecular complexity index is 1640. The fourth-order valence-corrected chi connectivity index (χ4v) is 5.02. The molecule has 2 aromatic heterocycles. The molecule has 0 spiro atoms. The van der Waals surface area contributed by atoms with Crippen LogP contribution in [-0.4, -0.2) is 24.7 Å². The molecule has 0 saturated heterocycles. The van der Waals surface area contributed by atoms with E-state index < -0.39 is 15.7 Å². The summed E-state index contributed by atoms with van der Waals surface area (Å²) in [5, 5.41) is 3.51. The van der Waals surface area contributed by atoms with Gasteiger partial charge in [0.2, 0.25) is 9.84 Å². The molecule has 2 heterocycles. The Balaban J connectivity index is 0.00000289. The maximum Gasteiger partial charge on any atom is 0.208 e. The predicted molar refractivity (Wildman–Crippen MR) is 131 cm³/mol. The number of rotatable bonds is 6. The lowest BCUT2D eigenvalue weighted by Gasteiger charge is -2.14. The van der Waals surface area contributed by atoms with Gasteiger partial charge < -0.3 is 9.73 Å². The third-order valence-corrected chi connectivity index (χ3v) is 7.04. The van der Waals surface area contributed by atoms with E-state index in [9.17, 15) is 17.6 Å². The standard InChI is InChI=1S/C25H16FN3O4S.ClH/c26-20-13-22-19(12-18(20)23-11-10-16(14-30)33-23)25(28-15-27-22)29-21-8-4-5-9-24(21)34(31,32)17-6-2-1-3-7-17;/h1-15H,(H,27,28,29);1H. The van der Waals surface area contributed by atoms with Crippen LogP contribution in [0.15, 0.2) is 99.4 Å². The number of sulfone groups is 1. The van der Waals surface area contributed by atoms with Crippen molar-refractivity contribution in [3.05, 3.63) is 96.8 Å². The lowest BCUT2D eigenvalue weighted by atomic mass is 10.1. The molecule has 1 N–H and O–H groups in total. The number of nitrogens with zero attached hydrogens (tertiary/aromatic N) is 2. The summed E-state index contributed by atoms with van der Waals surface area (Å²) >= 11 is 0. The van der Waals surface area contributed by atoms with Gasteiger partial charge >= 0.3 is 0 Å². The van der Waals surface area contributed by atoms with Gasteiger partial charge in [-0.25, -0.2) is 22.8 Å². The van der Waals surface area contributed by atoms with Crippen LogP contribution >= 0.6 is 12.4 Å². The minimum absolute atomic E-state index is 0. The number of para-hydroxylation sites is 1. The molecule has 5 aromatic rings. The van der Waals surface area contributed by atoms with Crippen molar-refractivity contribution in [3.8, 4) is 11.3 Å². The van der Waals surface area contributed by atoms with Crippen molar-refractivity contribution in [1.82, 2.24) is 9.97 Å². The van der Waals surface area contributed by atoms with Gasteiger partial charge in [-0.1, -0.05) is 30.3 Å². The first kappa shape index (κ1) is 24.1. The van der Waals surface area contributed by atoms with Gasteiger partial charge in [0.1, 0.15) is 23.7 Å². The molecule has 176 valence electrons. The monoisotopic (exact) mass is 509 g/mol. The fourth-order valence-electron chi connectivity index (χ4n) is 3.59. The van der Waals surface area contributed by atoms with E-state index in [-0.39, 0.29) is 45.1 Å². The Morgan fingerprint density at radius 2 is 1.66 bits per heavy atom. The smallest absolute Gasteiger partial charge is 0.208 e. The topological polar surface area (TPSA) is 102 Å². The molecular formula is C25H17ClFN3O4S. The van der Waals surface area contributed by atoms with Crippen LogP contribution in [0.2, 0.25) is 0 Å². The number of carbonyl (C=O) groups excluding carboxylic acids is 1. The minimum Gasteiger partial charge on any atom is -0.453 e. The van der Waals surface area contributed by atoms with E-state index in [1.54, 1.807) is 36.4 Å². The zero-order chi connectivity index (χ0) is 23.7. The van der Waals surface area contributed by atoms with Crippen LogP contribution in [0.4, 0.5) is 15.9 Å². The Hall–Kier alpha value is -4.08. The van der Waals surface area contributed by atoms with Crippen molar-refractivity contribution in [2.75, 3.05) is 5.32 Å². The molecule has 0 atom stereocenters. The molecule has 0 saturated carbocycles. The van der Waals surface area contributed by atoms with E-state index in [0.717, 1.165) is 0 Å². The average Bonchev–Trinajstić information content (AvgIpc) is 3.34. The Kier molecular flexibility index (Phi) is 6.63. The maximum absolute atomic E-state index is 14.8. The Labute approximate surface area is 206 Å². The highest BCUT2D eigenvalue weighted by Gasteiger charge is 2.22. The minimum atomic E-state index is -3.82. The molecule has 0 amide bonds. The number of furan rings is 1. The van der Waals surface area contributed by atoms with Crippen molar-refractivity contribution in [2.45, 2.75) is 9.79 Å². The van der Waals surface area contributed by atoms with E-state index in [0.29, 0.717) is 22.9 Å². The second-order valence-corrected chi connectivity index (χ2v) is 9.25. The first-order valence-electron chi connectivity index (χ1n) is 10.1. The highest BCUT2D eigenvalue weighted by atomic mass is 35.5. The third kappa shape index (κ3) is 4.51. The molecule has 10 heteroatoms. The molecular weight excluding hydrogens is 493 g/mol. The summed E-state index contributed by atoms with van der Waals surface area (Å²) in [6, 6.07) is 20.2. The highest BCUT2D eigenvalue weighted by Crippen LogP contribution is 2.34. The van der Waals surface area contributed by atoms with Crippen LogP contribution in [0.1, 0.15) is 10.6 Å². The maximum atomic E-state index is 14.8. The SMILES string of the molecule is Cl.O=Cc1ccc(-c2cc3c(Nc4ccccc4S(=O)(=O)c4ccccc4)ncnc3cc2F)o1. The van der Waals surface area contributed by atoms with Crippen LogP contribution in [0.3, 0.4) is 0 Å². The van der Waals surface area contributed by atoms with Gasteiger partial charge in [0.25, 0.3) is 0 Å². The van der Waals surface area contributed by atoms with Crippen molar-refractivity contribution in [2.24, 2.45) is 0 Å². The molecule has 3 aromatic carbocycles. The van der Waals surface area contributed by atoms with E-state index in [1.165, 1.54) is 48.8 Å². The van der Waals surface area contributed by atoms with Gasteiger partial charge in [0, 0.05) is 11.5 Å². The summed E-state index contributed by atoms with van der Waals surface area (Å²) in [6.07, 6.45) is 1.79. The van der Waals surface area contributed by atoms with E-state index in [1.807, 2.05) is 0 Å². The van der Waals surface area contributed by atoms with E-state index in [2.05, 4.69) is 15.3 Å². The number of hydrogen-bond acceptors (Lipinski definition) is 7. The molecule has 0 radical (unpaired) electrons. The number of fused-ring (bicyclic) bond motifs is 1. The van der Waals surface area contributed by atoms with E-state index >= 15 is 0 Å². The molecule has 0 aliphatic heterocycles. The first-order valence-corrected chi connectivity index (χ1v) is 11.6. The number of carbonyl (C=O) groups is 1. The molecule has 5 rings (SSSR count). The van der Waals surface area contributed by atoms with Crippen LogP contribution in [0, 0.1) is 5.82 Å². The Morgan fingerprint density at radius 3 is 2.40 bits per heavy atom. The van der Waals surface area contributed by atoms with Gasteiger partial charge in [-0.05, 0) is 42.5 Å². The molecule has 7 nitrogen and oxygen atoms in total. The van der Waals surface area contributed by atoms with Gasteiger partial charge in [0.05, 0.1) is 26.6 Å². The Morgan fingerprint density at radius 1 is 0.914 bits per heavy atom. The number of benzene rings is 3. The zero-order valence-electron chi connectivity index (χ0n) is 17.9. The van der Waals surface area contributed by atoms with Gasteiger partial charge in [-0.15, -0.1) is 12.4 Å². The summed E-state index contributed by atoms with van der Waals surface area (Å²) in [6.45, 7) is 0. The summed E-state index contributed by atoms with van der Waals surface area (Å²) in [4.78, 5) is 19.6. The van der Waals surface area contributed by atoms with Gasteiger partial charge in [0.15, 0.2) is 12.0 Å². The van der Waals surface area contributed by atoms with Crippen LogP contribution in [-0.2, 0) is 9.84 Å². The normalized spacial score (nSPS) is 11.1. The van der Waals surface area contributed by atoms with Gasteiger partial charge in [-0.2, -0.15) is 0 Å². The molecule has 35 heavy (non-hydrogen) atoms. The summed E-state index contributed by atoms with van der Waals surface area (Å²) in [7, 11) is -3.82. The zero-order valence-corrected chi connectivity index (χ0v) is 19.5. The second-order valence-electron chi connectivity index (χ2n) is 7.33. The molecule has 0 aliphatic rings. The first-order chi connectivity index (χ1) is 16.5. The lowest BCUT2D eigenvalue weighted by Crippen LogP contribution is -2.06. The number of halogens is 2. The number of aldehydes is 1. The molecule has 0 aliphatic carbocycles.